The number of hydrogen-bond acceptors (Lipinski definition) is 3. The van der Waals surface area contributed by atoms with Crippen LogP contribution in [0.15, 0.2) is 30.3 Å². The van der Waals surface area contributed by atoms with E-state index in [9.17, 15) is 14.4 Å². The number of carboxylic acid groups (broad SMARTS) is 1. The lowest BCUT2D eigenvalue weighted by Crippen LogP contribution is -2.38. The molecule has 0 saturated carbocycles. The summed E-state index contributed by atoms with van der Waals surface area (Å²) in [4.78, 5) is 33.7. The zero-order valence-corrected chi connectivity index (χ0v) is 10.8. The highest BCUT2D eigenvalue weighted by molar-refractivity contribution is 5.96. The molecule has 0 aliphatic carbocycles. The van der Waals surface area contributed by atoms with E-state index in [2.05, 4.69) is 5.32 Å². The first-order chi connectivity index (χ1) is 9.00. The zero-order valence-electron chi connectivity index (χ0n) is 10.8. The molecule has 0 saturated heterocycles. The van der Waals surface area contributed by atoms with Gasteiger partial charge in [0.05, 0.1) is 0 Å². The second-order valence-electron chi connectivity index (χ2n) is 4.27. The van der Waals surface area contributed by atoms with Gasteiger partial charge in [0.25, 0.3) is 0 Å². The Labute approximate surface area is 111 Å². The number of hydrogen-bond donors (Lipinski definition) is 2. The van der Waals surface area contributed by atoms with Crippen LogP contribution in [0, 0.1) is 0 Å². The van der Waals surface area contributed by atoms with Crippen LogP contribution >= 0.6 is 0 Å². The quantitative estimate of drug-likeness (QED) is 0.732. The van der Waals surface area contributed by atoms with E-state index < -0.39 is 12.0 Å². The Morgan fingerprint density at radius 3 is 2.37 bits per heavy atom. The number of amides is 1. The third-order valence-corrected chi connectivity index (χ3v) is 2.65. The molecule has 0 bridgehead atoms. The van der Waals surface area contributed by atoms with Crippen molar-refractivity contribution >= 4 is 17.7 Å². The van der Waals surface area contributed by atoms with Crippen LogP contribution in [0.4, 0.5) is 0 Å². The third kappa shape index (κ3) is 5.33. The molecular weight excluding hydrogens is 246 g/mol. The number of rotatable bonds is 7. The molecule has 1 rings (SSSR count). The van der Waals surface area contributed by atoms with Crippen molar-refractivity contribution in [3.63, 3.8) is 0 Å². The highest BCUT2D eigenvalue weighted by Gasteiger charge is 2.14. The summed E-state index contributed by atoms with van der Waals surface area (Å²) in [7, 11) is 0. The van der Waals surface area contributed by atoms with E-state index in [0.717, 1.165) is 0 Å². The Morgan fingerprint density at radius 1 is 1.16 bits per heavy atom. The van der Waals surface area contributed by atoms with Crippen molar-refractivity contribution < 1.29 is 19.5 Å². The number of carboxylic acids is 1. The van der Waals surface area contributed by atoms with Crippen LogP contribution in [0.1, 0.15) is 36.5 Å². The van der Waals surface area contributed by atoms with Crippen LogP contribution in [0.2, 0.25) is 0 Å². The molecule has 0 aromatic heterocycles. The minimum absolute atomic E-state index is 0.0142. The number of nitrogens with one attached hydrogen (secondary N) is 1. The van der Waals surface area contributed by atoms with Gasteiger partial charge in [-0.2, -0.15) is 0 Å². The van der Waals surface area contributed by atoms with E-state index in [0.29, 0.717) is 12.0 Å². The fraction of sp³-hybridized carbons (Fsp3) is 0.357. The third-order valence-electron chi connectivity index (χ3n) is 2.65. The molecular formula is C14H17NO4. The molecule has 5 heteroatoms. The van der Waals surface area contributed by atoms with Gasteiger partial charge in [-0.3, -0.25) is 14.4 Å². The Morgan fingerprint density at radius 2 is 1.79 bits per heavy atom. The Balaban J connectivity index is 2.29. The summed E-state index contributed by atoms with van der Waals surface area (Å²) in [6.07, 6.45) is 0.834. The first-order valence-electron chi connectivity index (χ1n) is 6.11. The maximum Gasteiger partial charge on any atom is 0.325 e. The number of ketones is 1. The summed E-state index contributed by atoms with van der Waals surface area (Å²) in [5, 5.41) is 11.0. The van der Waals surface area contributed by atoms with Crippen molar-refractivity contribution in [3.05, 3.63) is 35.9 Å². The number of benzene rings is 1. The predicted molar refractivity (Wildman–Crippen MR) is 69.9 cm³/mol. The fourth-order valence-electron chi connectivity index (χ4n) is 1.55. The first-order valence-corrected chi connectivity index (χ1v) is 6.11. The second kappa shape index (κ2) is 7.31. The van der Waals surface area contributed by atoms with Crippen LogP contribution < -0.4 is 5.32 Å². The van der Waals surface area contributed by atoms with Crippen LogP contribution in [0.5, 0.6) is 0 Å². The largest absolute Gasteiger partial charge is 0.480 e. The molecule has 0 aliphatic heterocycles. The van der Waals surface area contributed by atoms with Gasteiger partial charge in [-0.25, -0.2) is 0 Å². The molecule has 1 unspecified atom stereocenters. The number of carbonyl (C=O) groups excluding carboxylic acids is 2. The minimum atomic E-state index is -1.08. The van der Waals surface area contributed by atoms with Crippen molar-refractivity contribution in [2.24, 2.45) is 0 Å². The zero-order chi connectivity index (χ0) is 14.3. The molecule has 0 aliphatic rings. The molecule has 19 heavy (non-hydrogen) atoms. The van der Waals surface area contributed by atoms with Crippen LogP contribution in [-0.2, 0) is 9.59 Å². The summed E-state index contributed by atoms with van der Waals surface area (Å²) in [5.41, 5.74) is 0.627. The van der Waals surface area contributed by atoms with Crippen molar-refractivity contribution in [3.8, 4) is 0 Å². The smallest absolute Gasteiger partial charge is 0.325 e. The maximum absolute atomic E-state index is 11.7. The summed E-state index contributed by atoms with van der Waals surface area (Å²) < 4.78 is 0. The lowest BCUT2D eigenvalue weighted by atomic mass is 10.1. The fourth-order valence-corrected chi connectivity index (χ4v) is 1.55. The molecule has 1 amide bonds. The van der Waals surface area contributed by atoms with Crippen molar-refractivity contribution in [2.45, 2.75) is 32.2 Å². The Bertz CT molecular complexity index is 456. The molecule has 1 aromatic rings. The van der Waals surface area contributed by atoms with Gasteiger partial charge >= 0.3 is 5.97 Å². The van der Waals surface area contributed by atoms with Gasteiger partial charge in [0.1, 0.15) is 6.04 Å². The van der Waals surface area contributed by atoms with Crippen molar-refractivity contribution in [2.75, 3.05) is 0 Å². The van der Waals surface area contributed by atoms with E-state index in [1.54, 1.807) is 24.3 Å². The second-order valence-corrected chi connectivity index (χ2v) is 4.27. The number of carbonyl (C=O) groups is 3. The van der Waals surface area contributed by atoms with Gasteiger partial charge in [-0.1, -0.05) is 30.3 Å². The normalized spacial score (nSPS) is 11.6. The lowest BCUT2D eigenvalue weighted by Gasteiger charge is -2.08. The molecule has 2 N–H and O–H groups in total. The highest BCUT2D eigenvalue weighted by atomic mass is 16.4. The first kappa shape index (κ1) is 14.9. The standard InChI is InChI=1S/C14H17NO4/c1-10(14(18)19)15-13(17)9-5-8-12(16)11-6-3-2-4-7-11/h2-4,6-7,10H,5,8-9H2,1H3,(H,15,17)(H,18,19). The van der Waals surface area contributed by atoms with Crippen molar-refractivity contribution in [1.29, 1.82) is 0 Å². The lowest BCUT2D eigenvalue weighted by molar-refractivity contribution is -0.141. The van der Waals surface area contributed by atoms with E-state index in [-0.39, 0.29) is 24.5 Å². The van der Waals surface area contributed by atoms with Gasteiger partial charge in [0.15, 0.2) is 5.78 Å². The van der Waals surface area contributed by atoms with E-state index >= 15 is 0 Å². The molecule has 1 atom stereocenters. The van der Waals surface area contributed by atoms with E-state index in [1.165, 1.54) is 6.92 Å². The van der Waals surface area contributed by atoms with Gasteiger partial charge in [0.2, 0.25) is 5.91 Å². The average molecular weight is 263 g/mol. The molecule has 102 valence electrons. The molecule has 5 nitrogen and oxygen atoms in total. The topological polar surface area (TPSA) is 83.5 Å². The summed E-state index contributed by atoms with van der Waals surface area (Å²) in [5.74, 6) is -1.44. The number of Topliss-reactive ketones (excluding diaryl/α,β-unsaturated/α-hetero) is 1. The average Bonchev–Trinajstić information content (AvgIpc) is 2.39. The summed E-state index contributed by atoms with van der Waals surface area (Å²) in [6.45, 7) is 1.40. The van der Waals surface area contributed by atoms with Gasteiger partial charge < -0.3 is 10.4 Å². The van der Waals surface area contributed by atoms with Gasteiger partial charge in [-0.15, -0.1) is 0 Å². The Kier molecular flexibility index (Phi) is 5.73. The summed E-state index contributed by atoms with van der Waals surface area (Å²) >= 11 is 0. The molecule has 0 spiro atoms. The molecule has 0 heterocycles. The van der Waals surface area contributed by atoms with E-state index in [4.69, 9.17) is 5.11 Å². The molecule has 0 fully saturated rings. The molecule has 1 aromatic carbocycles. The van der Waals surface area contributed by atoms with Gasteiger partial charge in [0, 0.05) is 18.4 Å². The van der Waals surface area contributed by atoms with Gasteiger partial charge in [-0.05, 0) is 13.3 Å². The molecule has 0 radical (unpaired) electrons. The van der Waals surface area contributed by atoms with Crippen LogP contribution in [-0.4, -0.2) is 28.8 Å². The van der Waals surface area contributed by atoms with Crippen LogP contribution in [0.3, 0.4) is 0 Å². The van der Waals surface area contributed by atoms with Crippen molar-refractivity contribution in [1.82, 2.24) is 5.32 Å². The summed E-state index contributed by atoms with van der Waals surface area (Å²) in [6, 6.07) is 7.96. The number of aliphatic carboxylic acids is 1. The minimum Gasteiger partial charge on any atom is -0.480 e. The Hall–Kier alpha value is -2.17. The predicted octanol–water partition coefficient (Wildman–Crippen LogP) is 1.63. The van der Waals surface area contributed by atoms with E-state index in [1.807, 2.05) is 6.07 Å². The SMILES string of the molecule is CC(NC(=O)CCCC(=O)c1ccccc1)C(=O)O. The van der Waals surface area contributed by atoms with Crippen LogP contribution in [0.25, 0.3) is 0 Å². The maximum atomic E-state index is 11.7. The highest BCUT2D eigenvalue weighted by Crippen LogP contribution is 2.06. The monoisotopic (exact) mass is 263 g/mol.